The quantitative estimate of drug-likeness (QED) is 0.315. The molecule has 11 heteroatoms. The minimum absolute atomic E-state index is 0.0581. The van der Waals surface area contributed by atoms with E-state index in [0.29, 0.717) is 25.1 Å². The zero-order valence-electron chi connectivity index (χ0n) is 18.8. The van der Waals surface area contributed by atoms with E-state index in [1.807, 2.05) is 6.08 Å². The standard InChI is InChI=1S/C22H37N2O8P/c23-18-7-6-14-13-5-3-1-2-4-9-22(24-18,17(25)11-13)10-8-15(14)21-20(27)19(26)16(32-21)12-31-33(28,29)30/h6-7,13-17,19-21,25-27H,1-5,8-12H2,(H2,23,24)(H2,28,29,30). The number of rotatable bonds is 4. The number of aliphatic hydroxyl groups excluding tert-OH is 3. The summed E-state index contributed by atoms with van der Waals surface area (Å²) in [5.41, 5.74) is 5.55. The summed E-state index contributed by atoms with van der Waals surface area (Å²) in [6.45, 7) is -0.519. The van der Waals surface area contributed by atoms with Crippen LogP contribution in [0.3, 0.4) is 0 Å². The molecule has 2 saturated carbocycles. The maximum Gasteiger partial charge on any atom is 0.469 e. The third kappa shape index (κ3) is 5.54. The molecule has 9 atom stereocenters. The number of hydrogen-bond donors (Lipinski definition) is 6. The van der Waals surface area contributed by atoms with Crippen LogP contribution in [0, 0.1) is 17.8 Å². The molecule has 3 bridgehead atoms. The molecule has 188 valence electrons. The van der Waals surface area contributed by atoms with Crippen LogP contribution in [0.5, 0.6) is 0 Å². The zero-order chi connectivity index (χ0) is 23.8. The fourth-order valence-corrected chi connectivity index (χ4v) is 6.74. The second-order valence-corrected chi connectivity index (χ2v) is 11.4. The van der Waals surface area contributed by atoms with Gasteiger partial charge in [-0.05, 0) is 55.9 Å². The topological polar surface area (TPSA) is 175 Å². The first-order chi connectivity index (χ1) is 15.6. The van der Waals surface area contributed by atoms with Gasteiger partial charge in [0, 0.05) is 0 Å². The summed E-state index contributed by atoms with van der Waals surface area (Å²) in [7, 11) is -4.74. The SMILES string of the molecule is NC1=NC23CCCCCCC(CC2O)C(C=C1)C(C1OC(COP(=O)(O)O)C(O)C1O)CC3. The lowest BCUT2D eigenvalue weighted by atomic mass is 9.65. The number of aliphatic hydroxyl groups is 3. The van der Waals surface area contributed by atoms with Crippen molar-refractivity contribution < 1.29 is 38.9 Å². The number of phosphoric ester groups is 1. The largest absolute Gasteiger partial charge is 0.469 e. The van der Waals surface area contributed by atoms with E-state index in [9.17, 15) is 19.9 Å². The Morgan fingerprint density at radius 2 is 1.88 bits per heavy atom. The zero-order valence-corrected chi connectivity index (χ0v) is 19.7. The maximum atomic E-state index is 11.3. The van der Waals surface area contributed by atoms with Crippen LogP contribution in [0.4, 0.5) is 0 Å². The molecule has 0 aromatic rings. The van der Waals surface area contributed by atoms with Gasteiger partial charge in [-0.25, -0.2) is 4.57 Å². The van der Waals surface area contributed by atoms with Crippen molar-refractivity contribution >= 4 is 13.7 Å². The first-order valence-electron chi connectivity index (χ1n) is 12.0. The van der Waals surface area contributed by atoms with E-state index in [0.717, 1.165) is 38.5 Å². The molecule has 1 spiro atoms. The summed E-state index contributed by atoms with van der Waals surface area (Å²) in [5.74, 6) is 0.291. The molecule has 3 heterocycles. The lowest BCUT2D eigenvalue weighted by Crippen LogP contribution is -2.49. The van der Waals surface area contributed by atoms with Crippen LogP contribution in [0.25, 0.3) is 0 Å². The van der Waals surface area contributed by atoms with Crippen molar-refractivity contribution in [2.75, 3.05) is 6.61 Å². The Labute approximate surface area is 194 Å². The van der Waals surface area contributed by atoms with Gasteiger partial charge < -0.3 is 35.6 Å². The Kier molecular flexibility index (Phi) is 7.68. The van der Waals surface area contributed by atoms with Crippen LogP contribution in [0.15, 0.2) is 17.1 Å². The first kappa shape index (κ1) is 25.3. The van der Waals surface area contributed by atoms with Crippen LogP contribution in [0.2, 0.25) is 0 Å². The van der Waals surface area contributed by atoms with Crippen LogP contribution < -0.4 is 5.73 Å². The lowest BCUT2D eigenvalue weighted by molar-refractivity contribution is -0.0722. The van der Waals surface area contributed by atoms with Crippen LogP contribution in [-0.4, -0.2) is 73.6 Å². The molecule has 3 aliphatic heterocycles. The molecule has 2 aliphatic carbocycles. The average Bonchev–Trinajstić information content (AvgIpc) is 3.07. The van der Waals surface area contributed by atoms with E-state index >= 15 is 0 Å². The Morgan fingerprint density at radius 3 is 2.64 bits per heavy atom. The number of fused-ring (bicyclic) bond motifs is 3. The minimum Gasteiger partial charge on any atom is -0.391 e. The number of hydrogen-bond acceptors (Lipinski definition) is 8. The van der Waals surface area contributed by atoms with Crippen molar-refractivity contribution in [3.8, 4) is 0 Å². The Hall–Kier alpha value is -0.840. The van der Waals surface area contributed by atoms with Gasteiger partial charge in [0.15, 0.2) is 0 Å². The molecular formula is C22H37N2O8P. The highest BCUT2D eigenvalue weighted by Crippen LogP contribution is 2.48. The molecule has 33 heavy (non-hydrogen) atoms. The number of ether oxygens (including phenoxy) is 1. The predicted octanol–water partition coefficient (Wildman–Crippen LogP) is 0.998. The monoisotopic (exact) mass is 488 g/mol. The van der Waals surface area contributed by atoms with Crippen molar-refractivity contribution in [2.45, 2.75) is 93.8 Å². The second kappa shape index (κ2) is 10.0. The van der Waals surface area contributed by atoms with Crippen molar-refractivity contribution in [1.29, 1.82) is 0 Å². The summed E-state index contributed by atoms with van der Waals surface area (Å²) in [4.78, 5) is 22.9. The molecule has 0 radical (unpaired) electrons. The van der Waals surface area contributed by atoms with Gasteiger partial charge in [-0.2, -0.15) is 0 Å². The Morgan fingerprint density at radius 1 is 1.12 bits per heavy atom. The van der Waals surface area contributed by atoms with E-state index in [-0.39, 0.29) is 17.8 Å². The normalized spacial score (nSPS) is 44.6. The summed E-state index contributed by atoms with van der Waals surface area (Å²) >= 11 is 0. The second-order valence-electron chi connectivity index (χ2n) is 10.2. The molecule has 1 saturated heterocycles. The first-order valence-corrected chi connectivity index (χ1v) is 13.6. The van der Waals surface area contributed by atoms with Crippen molar-refractivity contribution in [3.63, 3.8) is 0 Å². The Balaban J connectivity index is 1.66. The van der Waals surface area contributed by atoms with E-state index < -0.39 is 50.5 Å². The van der Waals surface area contributed by atoms with Gasteiger partial charge in [0.1, 0.15) is 24.1 Å². The summed E-state index contributed by atoms with van der Waals surface area (Å²) in [6, 6.07) is 0. The molecule has 9 unspecified atom stereocenters. The number of phosphoric acid groups is 1. The highest BCUT2D eigenvalue weighted by atomic mass is 31.2. The number of amidine groups is 1. The molecule has 7 N–H and O–H groups in total. The molecule has 5 aliphatic rings. The van der Waals surface area contributed by atoms with Gasteiger partial charge in [0.25, 0.3) is 0 Å². The van der Waals surface area contributed by atoms with E-state index in [2.05, 4.69) is 4.52 Å². The molecule has 3 fully saturated rings. The highest BCUT2D eigenvalue weighted by Gasteiger charge is 2.52. The van der Waals surface area contributed by atoms with Gasteiger partial charge in [-0.1, -0.05) is 31.8 Å². The summed E-state index contributed by atoms with van der Waals surface area (Å²) in [5, 5.41) is 32.7. The Bertz CT molecular complexity index is 803. The molecule has 0 aromatic carbocycles. The van der Waals surface area contributed by atoms with Crippen LogP contribution in [0.1, 0.15) is 57.8 Å². The maximum absolute atomic E-state index is 11.3. The van der Waals surface area contributed by atoms with Crippen LogP contribution >= 0.6 is 7.82 Å². The van der Waals surface area contributed by atoms with Gasteiger partial charge in [-0.3, -0.25) is 9.52 Å². The fourth-order valence-electron chi connectivity index (χ4n) is 6.39. The third-order valence-corrected chi connectivity index (χ3v) is 8.58. The van der Waals surface area contributed by atoms with Crippen molar-refractivity contribution in [1.82, 2.24) is 0 Å². The van der Waals surface area contributed by atoms with E-state index in [4.69, 9.17) is 25.2 Å². The van der Waals surface area contributed by atoms with Gasteiger partial charge in [-0.15, -0.1) is 0 Å². The van der Waals surface area contributed by atoms with Crippen molar-refractivity contribution in [3.05, 3.63) is 12.2 Å². The van der Waals surface area contributed by atoms with Crippen LogP contribution in [-0.2, 0) is 13.8 Å². The van der Waals surface area contributed by atoms with Gasteiger partial charge >= 0.3 is 7.82 Å². The number of aliphatic imine (C=N–C) groups is 1. The summed E-state index contributed by atoms with van der Waals surface area (Å²) < 4.78 is 21.7. The molecule has 5 rings (SSSR count). The third-order valence-electron chi connectivity index (χ3n) is 8.10. The van der Waals surface area contributed by atoms with Gasteiger partial charge in [0.2, 0.25) is 0 Å². The molecule has 0 aromatic heterocycles. The number of nitrogens with zero attached hydrogens (tertiary/aromatic N) is 1. The minimum atomic E-state index is -4.74. The number of allylic oxidation sites excluding steroid dienone is 1. The molecule has 10 nitrogen and oxygen atoms in total. The smallest absolute Gasteiger partial charge is 0.391 e. The fraction of sp³-hybridized carbons (Fsp3) is 0.864. The van der Waals surface area contributed by atoms with Crippen molar-refractivity contribution in [2.24, 2.45) is 28.5 Å². The average molecular weight is 489 g/mol. The predicted molar refractivity (Wildman–Crippen MR) is 120 cm³/mol. The molecule has 0 amide bonds. The highest BCUT2D eigenvalue weighted by molar-refractivity contribution is 7.46. The van der Waals surface area contributed by atoms with E-state index in [1.54, 1.807) is 6.08 Å². The van der Waals surface area contributed by atoms with E-state index in [1.165, 1.54) is 0 Å². The van der Waals surface area contributed by atoms with Gasteiger partial charge in [0.05, 0.1) is 24.4 Å². The number of nitrogens with two attached hydrogens (primary N) is 1. The molecular weight excluding hydrogens is 451 g/mol. The summed E-state index contributed by atoms with van der Waals surface area (Å²) in [6.07, 6.45) is 6.53. The lowest BCUT2D eigenvalue weighted by Gasteiger charge is -2.45.